The Morgan fingerprint density at radius 3 is 2.95 bits per heavy atom. The molecule has 0 saturated heterocycles. The molecule has 1 aromatic carbocycles. The van der Waals surface area contributed by atoms with Gasteiger partial charge >= 0.3 is 0 Å². The van der Waals surface area contributed by atoms with Crippen molar-refractivity contribution < 1.29 is 0 Å². The second kappa shape index (κ2) is 4.59. The Bertz CT molecular complexity index is 886. The van der Waals surface area contributed by atoms with Gasteiger partial charge in [-0.05, 0) is 18.6 Å². The smallest absolute Gasteiger partial charge is 0.270 e. The van der Waals surface area contributed by atoms with Crippen molar-refractivity contribution in [2.24, 2.45) is 0 Å². The first kappa shape index (κ1) is 12.0. The molecule has 3 rings (SSSR count). The molecule has 0 saturated carbocycles. The summed E-state index contributed by atoms with van der Waals surface area (Å²) < 4.78 is 2.91. The lowest BCUT2D eigenvalue weighted by Crippen LogP contribution is -2.27. The average molecular weight is 266 g/mol. The number of nitriles is 1. The molecular formula is C13H10N6O. The molecule has 0 atom stereocenters. The van der Waals surface area contributed by atoms with E-state index in [1.54, 1.807) is 19.1 Å². The standard InChI is InChI=1S/C13H10N6O/c1-9-12(20)18(13-16-15-8-19(13)17-9)7-11-5-3-2-4-10(11)6-14/h2-5,8H,7H2,1H3. The van der Waals surface area contributed by atoms with E-state index in [-0.39, 0.29) is 12.1 Å². The Labute approximate surface area is 113 Å². The van der Waals surface area contributed by atoms with Crippen LogP contribution < -0.4 is 5.56 Å². The molecule has 0 unspecified atom stereocenters. The topological polar surface area (TPSA) is 88.9 Å². The fraction of sp³-hybridized carbons (Fsp3) is 0.154. The third kappa shape index (κ3) is 1.83. The second-order valence-electron chi connectivity index (χ2n) is 4.32. The van der Waals surface area contributed by atoms with Crippen LogP contribution in [0.5, 0.6) is 0 Å². The van der Waals surface area contributed by atoms with Gasteiger partial charge in [-0.2, -0.15) is 14.9 Å². The molecule has 0 aliphatic rings. The lowest BCUT2D eigenvalue weighted by atomic mass is 10.1. The van der Waals surface area contributed by atoms with Crippen LogP contribution in [0.2, 0.25) is 0 Å². The van der Waals surface area contributed by atoms with Crippen molar-refractivity contribution in [3.05, 3.63) is 57.8 Å². The van der Waals surface area contributed by atoms with Gasteiger partial charge < -0.3 is 0 Å². The van der Waals surface area contributed by atoms with Crippen LogP contribution in [0.3, 0.4) is 0 Å². The largest absolute Gasteiger partial charge is 0.276 e. The lowest BCUT2D eigenvalue weighted by molar-refractivity contribution is 0.700. The summed E-state index contributed by atoms with van der Waals surface area (Å²) in [6.07, 6.45) is 1.44. The van der Waals surface area contributed by atoms with Crippen molar-refractivity contribution >= 4 is 5.78 Å². The van der Waals surface area contributed by atoms with Crippen molar-refractivity contribution in [3.8, 4) is 6.07 Å². The molecule has 0 bridgehead atoms. The number of hydrogen-bond donors (Lipinski definition) is 0. The number of fused-ring (bicyclic) bond motifs is 1. The summed E-state index contributed by atoms with van der Waals surface area (Å²) in [7, 11) is 0. The molecule has 0 N–H and O–H groups in total. The summed E-state index contributed by atoms with van der Waals surface area (Å²) in [5.74, 6) is 0.355. The van der Waals surface area contributed by atoms with Crippen LogP contribution in [-0.4, -0.2) is 24.4 Å². The molecule has 98 valence electrons. The molecule has 2 aromatic heterocycles. The molecule has 0 amide bonds. The van der Waals surface area contributed by atoms with E-state index in [1.165, 1.54) is 15.4 Å². The fourth-order valence-electron chi connectivity index (χ4n) is 2.04. The summed E-state index contributed by atoms with van der Waals surface area (Å²) in [6.45, 7) is 1.89. The third-order valence-corrected chi connectivity index (χ3v) is 3.03. The molecule has 0 radical (unpaired) electrons. The van der Waals surface area contributed by atoms with Crippen LogP contribution in [-0.2, 0) is 6.54 Å². The molecule has 20 heavy (non-hydrogen) atoms. The highest BCUT2D eigenvalue weighted by molar-refractivity contribution is 5.38. The third-order valence-electron chi connectivity index (χ3n) is 3.03. The summed E-state index contributed by atoms with van der Waals surface area (Å²) in [5.41, 5.74) is 1.41. The first-order valence-electron chi connectivity index (χ1n) is 5.96. The van der Waals surface area contributed by atoms with E-state index in [1.807, 2.05) is 12.1 Å². The highest BCUT2D eigenvalue weighted by Crippen LogP contribution is 2.09. The second-order valence-corrected chi connectivity index (χ2v) is 4.32. The Morgan fingerprint density at radius 1 is 1.35 bits per heavy atom. The van der Waals surface area contributed by atoms with Crippen molar-refractivity contribution in [2.75, 3.05) is 0 Å². The number of rotatable bonds is 2. The van der Waals surface area contributed by atoms with E-state index in [0.29, 0.717) is 17.0 Å². The molecule has 0 aliphatic heterocycles. The van der Waals surface area contributed by atoms with Crippen molar-refractivity contribution in [2.45, 2.75) is 13.5 Å². The van der Waals surface area contributed by atoms with Gasteiger partial charge in [-0.1, -0.05) is 18.2 Å². The molecule has 0 fully saturated rings. The highest BCUT2D eigenvalue weighted by atomic mass is 16.1. The van der Waals surface area contributed by atoms with Gasteiger partial charge in [-0.15, -0.1) is 10.2 Å². The molecule has 3 aromatic rings. The van der Waals surface area contributed by atoms with E-state index in [9.17, 15) is 4.79 Å². The van der Waals surface area contributed by atoms with E-state index in [2.05, 4.69) is 21.4 Å². The highest BCUT2D eigenvalue weighted by Gasteiger charge is 2.11. The average Bonchev–Trinajstić information content (AvgIpc) is 2.92. The number of benzene rings is 1. The first-order chi connectivity index (χ1) is 9.70. The van der Waals surface area contributed by atoms with Crippen LogP contribution >= 0.6 is 0 Å². The molecule has 0 spiro atoms. The zero-order valence-corrected chi connectivity index (χ0v) is 10.7. The maximum Gasteiger partial charge on any atom is 0.276 e. The number of hydrogen-bond acceptors (Lipinski definition) is 5. The minimum absolute atomic E-state index is 0.238. The Balaban J connectivity index is 2.21. The van der Waals surface area contributed by atoms with Gasteiger partial charge in [0.1, 0.15) is 12.0 Å². The molecular weight excluding hydrogens is 256 g/mol. The van der Waals surface area contributed by atoms with Gasteiger partial charge in [0.15, 0.2) is 0 Å². The van der Waals surface area contributed by atoms with Crippen LogP contribution in [0.25, 0.3) is 5.78 Å². The summed E-state index contributed by atoms with van der Waals surface area (Å²) in [6, 6.07) is 9.27. The van der Waals surface area contributed by atoms with Crippen LogP contribution in [0.15, 0.2) is 35.4 Å². The van der Waals surface area contributed by atoms with Crippen molar-refractivity contribution in [1.82, 2.24) is 24.4 Å². The van der Waals surface area contributed by atoms with Crippen molar-refractivity contribution in [1.29, 1.82) is 5.26 Å². The lowest BCUT2D eigenvalue weighted by Gasteiger charge is -2.08. The minimum Gasteiger partial charge on any atom is -0.270 e. The van der Waals surface area contributed by atoms with E-state index in [0.717, 1.165) is 5.56 Å². The predicted molar refractivity (Wildman–Crippen MR) is 70.0 cm³/mol. The molecule has 7 heteroatoms. The molecule has 2 heterocycles. The summed E-state index contributed by atoms with van der Waals surface area (Å²) >= 11 is 0. The minimum atomic E-state index is -0.238. The van der Waals surface area contributed by atoms with Gasteiger partial charge in [-0.25, -0.2) is 0 Å². The van der Waals surface area contributed by atoms with Crippen LogP contribution in [0.1, 0.15) is 16.8 Å². The SMILES string of the molecule is Cc1nn2cnnc2n(Cc2ccccc2C#N)c1=O. The predicted octanol–water partition coefficient (Wildman–Crippen LogP) is 0.514. The van der Waals surface area contributed by atoms with Gasteiger partial charge in [0.2, 0.25) is 0 Å². The Morgan fingerprint density at radius 2 is 2.15 bits per heavy atom. The van der Waals surface area contributed by atoms with E-state index >= 15 is 0 Å². The van der Waals surface area contributed by atoms with Gasteiger partial charge in [-0.3, -0.25) is 9.36 Å². The van der Waals surface area contributed by atoms with Gasteiger partial charge in [0.05, 0.1) is 18.2 Å². The van der Waals surface area contributed by atoms with Gasteiger partial charge in [0, 0.05) is 0 Å². The number of nitrogens with zero attached hydrogens (tertiary/aromatic N) is 6. The van der Waals surface area contributed by atoms with E-state index in [4.69, 9.17) is 5.26 Å². The first-order valence-corrected chi connectivity index (χ1v) is 5.96. The monoisotopic (exact) mass is 266 g/mol. The maximum atomic E-state index is 12.2. The fourth-order valence-corrected chi connectivity index (χ4v) is 2.04. The van der Waals surface area contributed by atoms with Crippen LogP contribution in [0, 0.1) is 18.3 Å². The quantitative estimate of drug-likeness (QED) is 0.674. The number of aryl methyl sites for hydroxylation is 1. The summed E-state index contributed by atoms with van der Waals surface area (Å²) in [5, 5.41) is 20.8. The zero-order chi connectivity index (χ0) is 14.1. The molecule has 7 nitrogen and oxygen atoms in total. The normalized spacial score (nSPS) is 10.6. The Hall–Kier alpha value is -3.01. The van der Waals surface area contributed by atoms with Gasteiger partial charge in [0.25, 0.3) is 11.3 Å². The van der Waals surface area contributed by atoms with Crippen molar-refractivity contribution in [3.63, 3.8) is 0 Å². The Kier molecular flexibility index (Phi) is 2.76. The molecule has 0 aliphatic carbocycles. The zero-order valence-electron chi connectivity index (χ0n) is 10.7. The van der Waals surface area contributed by atoms with E-state index < -0.39 is 0 Å². The summed E-state index contributed by atoms with van der Waals surface area (Å²) in [4.78, 5) is 12.2. The van der Waals surface area contributed by atoms with Crippen LogP contribution in [0.4, 0.5) is 0 Å². The number of aromatic nitrogens is 5. The maximum absolute atomic E-state index is 12.2.